The van der Waals surface area contributed by atoms with Crippen molar-refractivity contribution in [2.45, 2.75) is 13.3 Å². The van der Waals surface area contributed by atoms with E-state index in [0.717, 1.165) is 12.0 Å². The fourth-order valence-corrected chi connectivity index (χ4v) is 2.00. The van der Waals surface area contributed by atoms with E-state index in [1.165, 1.54) is 16.7 Å². The van der Waals surface area contributed by atoms with E-state index in [0.29, 0.717) is 0 Å². The molecule has 0 unspecified atom stereocenters. The molecule has 0 fully saturated rings. The van der Waals surface area contributed by atoms with Gasteiger partial charge in [-0.25, -0.2) is 0 Å². The van der Waals surface area contributed by atoms with Crippen molar-refractivity contribution in [2.24, 2.45) is 0 Å². The number of hydrogen-bond acceptors (Lipinski definition) is 0. The minimum atomic E-state index is 0.902. The lowest BCUT2D eigenvalue weighted by Crippen LogP contribution is -1.85. The molecule has 98 valence electrons. The van der Waals surface area contributed by atoms with Crippen LogP contribution < -0.4 is 0 Å². The van der Waals surface area contributed by atoms with Crippen molar-refractivity contribution < 1.29 is 0 Å². The highest BCUT2D eigenvalue weighted by molar-refractivity contribution is 5.74. The van der Waals surface area contributed by atoms with Crippen LogP contribution in [0.25, 0.3) is 5.57 Å². The summed E-state index contributed by atoms with van der Waals surface area (Å²) in [5.74, 6) is 2.55. The Morgan fingerprint density at radius 3 is 2.40 bits per heavy atom. The second-order valence-electron chi connectivity index (χ2n) is 4.72. The monoisotopic (exact) mass is 258 g/mol. The molecule has 2 aromatic carbocycles. The number of hydrogen-bond donors (Lipinski definition) is 0. The molecule has 0 aliphatic heterocycles. The molecule has 0 bridgehead atoms. The van der Waals surface area contributed by atoms with E-state index < -0.39 is 0 Å². The summed E-state index contributed by atoms with van der Waals surface area (Å²) in [7, 11) is 0. The Kier molecular flexibility index (Phi) is 4.98. The number of aryl methyl sites for hydroxylation is 1. The van der Waals surface area contributed by atoms with E-state index in [9.17, 15) is 0 Å². The van der Waals surface area contributed by atoms with Crippen LogP contribution >= 0.6 is 0 Å². The van der Waals surface area contributed by atoms with Crippen LogP contribution in [-0.2, 0) is 6.42 Å². The highest BCUT2D eigenvalue weighted by Gasteiger charge is 1.97. The minimum Gasteiger partial charge on any atom is -0.115 e. The summed E-state index contributed by atoms with van der Waals surface area (Å²) in [6.07, 6.45) is 12.2. The fourth-order valence-electron chi connectivity index (χ4n) is 2.00. The maximum Gasteiger partial charge on any atom is -0.00882 e. The Morgan fingerprint density at radius 1 is 1.05 bits per heavy atom. The van der Waals surface area contributed by atoms with E-state index >= 15 is 0 Å². The molecule has 0 aromatic heterocycles. The molecule has 20 heavy (non-hydrogen) atoms. The molecule has 0 saturated carbocycles. The fraction of sp³-hybridized carbons (Fsp3) is 0.100. The van der Waals surface area contributed by atoms with Gasteiger partial charge in [0.25, 0.3) is 0 Å². The van der Waals surface area contributed by atoms with Crippen LogP contribution in [0.2, 0.25) is 0 Å². The quantitative estimate of drug-likeness (QED) is 0.545. The largest absolute Gasteiger partial charge is 0.115 e. The predicted octanol–water partition coefficient (Wildman–Crippen LogP) is 4.81. The maximum atomic E-state index is 5.31. The molecule has 0 aliphatic rings. The van der Waals surface area contributed by atoms with Crippen LogP contribution in [-0.4, -0.2) is 0 Å². The van der Waals surface area contributed by atoms with E-state index in [2.05, 4.69) is 55.3 Å². The molecule has 0 nitrogen and oxygen atoms in total. The van der Waals surface area contributed by atoms with Crippen LogP contribution in [0.1, 0.15) is 16.7 Å². The second kappa shape index (κ2) is 7.16. The molecule has 0 atom stereocenters. The van der Waals surface area contributed by atoms with Gasteiger partial charge < -0.3 is 0 Å². The molecular weight excluding hydrogens is 240 g/mol. The lowest BCUT2D eigenvalue weighted by molar-refractivity contribution is 1.26. The zero-order valence-electron chi connectivity index (χ0n) is 11.7. The third kappa shape index (κ3) is 4.00. The van der Waals surface area contributed by atoms with Gasteiger partial charge in [0.05, 0.1) is 0 Å². The molecule has 2 aromatic rings. The minimum absolute atomic E-state index is 0.902. The molecule has 0 aliphatic carbocycles. The highest BCUT2D eigenvalue weighted by atomic mass is 14.0. The zero-order valence-corrected chi connectivity index (χ0v) is 11.7. The Balaban J connectivity index is 2.23. The molecule has 0 radical (unpaired) electrons. The van der Waals surface area contributed by atoms with Crippen LogP contribution in [0, 0.1) is 19.3 Å². The first kappa shape index (κ1) is 13.9. The first-order chi connectivity index (χ1) is 9.79. The number of allylic oxidation sites excluding steroid dienone is 4. The van der Waals surface area contributed by atoms with Gasteiger partial charge in [0, 0.05) is 0 Å². The van der Waals surface area contributed by atoms with Crippen molar-refractivity contribution in [2.75, 3.05) is 0 Å². The predicted molar refractivity (Wildman–Crippen MR) is 87.3 cm³/mol. The molecule has 0 saturated heterocycles. The summed E-state index contributed by atoms with van der Waals surface area (Å²) in [4.78, 5) is 0. The lowest BCUT2D eigenvalue weighted by atomic mass is 10.0. The van der Waals surface area contributed by atoms with Crippen LogP contribution in [0.4, 0.5) is 0 Å². The smallest absolute Gasteiger partial charge is 0.00882 e. The van der Waals surface area contributed by atoms with E-state index in [1.54, 1.807) is 6.08 Å². The Morgan fingerprint density at radius 2 is 1.75 bits per heavy atom. The van der Waals surface area contributed by atoms with Gasteiger partial charge in [-0.3, -0.25) is 0 Å². The Labute approximate surface area is 121 Å². The van der Waals surface area contributed by atoms with E-state index in [-0.39, 0.29) is 0 Å². The lowest BCUT2D eigenvalue weighted by Gasteiger charge is -2.03. The second-order valence-corrected chi connectivity index (χ2v) is 4.72. The molecule has 0 N–H and O–H groups in total. The van der Waals surface area contributed by atoms with Crippen molar-refractivity contribution in [3.05, 3.63) is 89.5 Å². The number of rotatable bonds is 4. The molecule has 0 amide bonds. The summed E-state index contributed by atoms with van der Waals surface area (Å²) in [5.41, 5.74) is 4.93. The van der Waals surface area contributed by atoms with Crippen molar-refractivity contribution in [3.63, 3.8) is 0 Å². The average molecular weight is 258 g/mol. The molecular formula is C20H18. The van der Waals surface area contributed by atoms with Crippen molar-refractivity contribution in [1.29, 1.82) is 0 Å². The summed E-state index contributed by atoms with van der Waals surface area (Å²) >= 11 is 0. The molecule has 0 heteroatoms. The van der Waals surface area contributed by atoms with Crippen molar-refractivity contribution in [3.8, 4) is 12.3 Å². The normalized spacial score (nSPS) is 11.5. The average Bonchev–Trinajstić information content (AvgIpc) is 2.50. The van der Waals surface area contributed by atoms with Gasteiger partial charge in [-0.15, -0.1) is 6.42 Å². The summed E-state index contributed by atoms with van der Waals surface area (Å²) < 4.78 is 0. The molecule has 0 spiro atoms. The van der Waals surface area contributed by atoms with E-state index in [4.69, 9.17) is 6.42 Å². The summed E-state index contributed by atoms with van der Waals surface area (Å²) in [6, 6.07) is 18.9. The van der Waals surface area contributed by atoms with Gasteiger partial charge in [-0.1, -0.05) is 72.2 Å². The first-order valence-electron chi connectivity index (χ1n) is 6.73. The van der Waals surface area contributed by atoms with Crippen LogP contribution in [0.15, 0.2) is 72.8 Å². The van der Waals surface area contributed by atoms with Gasteiger partial charge in [0.2, 0.25) is 0 Å². The Bertz CT molecular complexity index is 635. The highest BCUT2D eigenvalue weighted by Crippen LogP contribution is 2.17. The SMILES string of the molecule is C#C/C=C\C(=C/Cc1ccc(C)cc1)c1ccccc1. The van der Waals surface area contributed by atoms with Gasteiger partial charge in [0.1, 0.15) is 0 Å². The Hall–Kier alpha value is -2.52. The summed E-state index contributed by atoms with van der Waals surface area (Å²) in [6.45, 7) is 2.10. The van der Waals surface area contributed by atoms with Gasteiger partial charge >= 0.3 is 0 Å². The molecule has 0 heterocycles. The van der Waals surface area contributed by atoms with Crippen LogP contribution in [0.5, 0.6) is 0 Å². The summed E-state index contributed by atoms with van der Waals surface area (Å²) in [5, 5.41) is 0. The third-order valence-electron chi connectivity index (χ3n) is 3.14. The van der Waals surface area contributed by atoms with Gasteiger partial charge in [-0.2, -0.15) is 0 Å². The van der Waals surface area contributed by atoms with Crippen LogP contribution in [0.3, 0.4) is 0 Å². The van der Waals surface area contributed by atoms with Crippen molar-refractivity contribution >= 4 is 5.57 Å². The third-order valence-corrected chi connectivity index (χ3v) is 3.14. The topological polar surface area (TPSA) is 0 Å². The standard InChI is InChI=1S/C20H18/c1-3-4-8-20(19-9-6-5-7-10-19)16-15-18-13-11-17(2)12-14-18/h1,4-14,16H,15H2,2H3/b8-4-,20-16+. The van der Waals surface area contributed by atoms with Crippen molar-refractivity contribution in [1.82, 2.24) is 0 Å². The first-order valence-corrected chi connectivity index (χ1v) is 6.73. The van der Waals surface area contributed by atoms with E-state index in [1.807, 2.05) is 24.3 Å². The van der Waals surface area contributed by atoms with Gasteiger partial charge in [-0.05, 0) is 42.2 Å². The maximum absolute atomic E-state index is 5.31. The zero-order chi connectivity index (χ0) is 14.2. The molecule has 2 rings (SSSR count). The number of benzene rings is 2. The number of terminal acetylenes is 1. The van der Waals surface area contributed by atoms with Gasteiger partial charge in [0.15, 0.2) is 0 Å².